The van der Waals surface area contributed by atoms with Crippen LogP contribution in [-0.2, 0) is 11.2 Å². The Kier molecular flexibility index (Phi) is 4.47. The minimum atomic E-state index is 0.265. The average Bonchev–Trinajstić information content (AvgIpc) is 3.00. The Hall–Kier alpha value is -1.51. The minimum Gasteiger partial charge on any atom is -0.398 e. The molecule has 3 nitrogen and oxygen atoms in total. The molecule has 1 amide bonds. The molecule has 1 aliphatic carbocycles. The zero-order valence-corrected chi connectivity index (χ0v) is 12.8. The maximum Gasteiger partial charge on any atom is 0.227 e. The lowest BCUT2D eigenvalue weighted by molar-refractivity contribution is -0.132. The molecule has 1 saturated heterocycles. The summed E-state index contributed by atoms with van der Waals surface area (Å²) in [6, 6.07) is 8.22. The summed E-state index contributed by atoms with van der Waals surface area (Å²) >= 11 is 0. The monoisotopic (exact) mass is 286 g/mol. The van der Waals surface area contributed by atoms with Crippen LogP contribution in [0.15, 0.2) is 24.3 Å². The van der Waals surface area contributed by atoms with Crippen molar-refractivity contribution in [3.8, 4) is 0 Å². The van der Waals surface area contributed by atoms with Gasteiger partial charge in [-0.25, -0.2) is 0 Å². The Morgan fingerprint density at radius 3 is 2.62 bits per heavy atom. The van der Waals surface area contributed by atoms with E-state index in [0.717, 1.165) is 30.1 Å². The van der Waals surface area contributed by atoms with Crippen LogP contribution in [-0.4, -0.2) is 23.4 Å². The number of carbonyl (C=O) groups excluding carboxylic acids is 1. The van der Waals surface area contributed by atoms with Crippen LogP contribution in [0.4, 0.5) is 5.69 Å². The molecule has 2 aliphatic rings. The van der Waals surface area contributed by atoms with Gasteiger partial charge in [-0.2, -0.15) is 0 Å². The molecule has 1 aromatic rings. The lowest BCUT2D eigenvalue weighted by Gasteiger charge is -2.34. The Balaban J connectivity index is 1.67. The van der Waals surface area contributed by atoms with Crippen molar-refractivity contribution in [3.63, 3.8) is 0 Å². The first-order valence-corrected chi connectivity index (χ1v) is 8.38. The smallest absolute Gasteiger partial charge is 0.227 e. The highest BCUT2D eigenvalue weighted by Gasteiger charge is 2.34. The van der Waals surface area contributed by atoms with Crippen LogP contribution in [0.1, 0.15) is 50.5 Å². The highest BCUT2D eigenvalue weighted by atomic mass is 16.2. The molecule has 0 bridgehead atoms. The van der Waals surface area contributed by atoms with Gasteiger partial charge in [-0.05, 0) is 43.2 Å². The quantitative estimate of drug-likeness (QED) is 0.866. The minimum absolute atomic E-state index is 0.265. The number of nitrogens with zero attached hydrogens (tertiary/aromatic N) is 1. The largest absolute Gasteiger partial charge is 0.398 e. The molecule has 0 spiro atoms. The van der Waals surface area contributed by atoms with Gasteiger partial charge in [-0.15, -0.1) is 0 Å². The predicted octanol–water partition coefficient (Wildman–Crippen LogP) is 3.38. The van der Waals surface area contributed by atoms with E-state index in [4.69, 9.17) is 5.73 Å². The molecule has 3 rings (SSSR count). The molecule has 1 aliphatic heterocycles. The summed E-state index contributed by atoms with van der Waals surface area (Å²) in [5.74, 6) is 0.999. The fourth-order valence-electron chi connectivity index (χ4n) is 4.07. The molecule has 21 heavy (non-hydrogen) atoms. The molecule has 1 aromatic carbocycles. The summed E-state index contributed by atoms with van der Waals surface area (Å²) in [4.78, 5) is 14.8. The summed E-state index contributed by atoms with van der Waals surface area (Å²) in [6.45, 7) is 0.937. The van der Waals surface area contributed by atoms with E-state index in [1.807, 2.05) is 24.3 Å². The van der Waals surface area contributed by atoms with E-state index in [9.17, 15) is 4.79 Å². The topological polar surface area (TPSA) is 46.3 Å². The van der Waals surface area contributed by atoms with Crippen LogP contribution in [0.2, 0.25) is 0 Å². The predicted molar refractivity (Wildman–Crippen MR) is 85.9 cm³/mol. The first kappa shape index (κ1) is 14.4. The van der Waals surface area contributed by atoms with E-state index in [-0.39, 0.29) is 5.91 Å². The number of nitrogen functional groups attached to an aromatic ring is 1. The van der Waals surface area contributed by atoms with Gasteiger partial charge in [0.25, 0.3) is 0 Å². The van der Waals surface area contributed by atoms with E-state index in [2.05, 4.69) is 4.90 Å². The second kappa shape index (κ2) is 6.50. The number of para-hydroxylation sites is 1. The number of nitrogens with two attached hydrogens (primary N) is 1. The molecular formula is C18H26N2O. The lowest BCUT2D eigenvalue weighted by atomic mass is 9.83. The van der Waals surface area contributed by atoms with Gasteiger partial charge < -0.3 is 10.6 Å². The van der Waals surface area contributed by atoms with Crippen LogP contribution in [0.25, 0.3) is 0 Å². The SMILES string of the molecule is Nc1ccccc1CC(=O)N1CCCC1C1CCCCC1. The van der Waals surface area contributed by atoms with Crippen LogP contribution in [0, 0.1) is 5.92 Å². The number of amides is 1. The molecule has 1 heterocycles. The number of likely N-dealkylation sites (tertiary alicyclic amines) is 1. The van der Waals surface area contributed by atoms with E-state index in [1.165, 1.54) is 38.5 Å². The molecule has 1 saturated carbocycles. The van der Waals surface area contributed by atoms with E-state index < -0.39 is 0 Å². The van der Waals surface area contributed by atoms with Gasteiger partial charge in [0.1, 0.15) is 0 Å². The van der Waals surface area contributed by atoms with Gasteiger partial charge >= 0.3 is 0 Å². The molecule has 0 aromatic heterocycles. The van der Waals surface area contributed by atoms with Crippen LogP contribution >= 0.6 is 0 Å². The Morgan fingerprint density at radius 1 is 1.10 bits per heavy atom. The van der Waals surface area contributed by atoms with Crippen molar-refractivity contribution >= 4 is 11.6 Å². The molecular weight excluding hydrogens is 260 g/mol. The fraction of sp³-hybridized carbons (Fsp3) is 0.611. The van der Waals surface area contributed by atoms with E-state index in [0.29, 0.717) is 12.5 Å². The maximum atomic E-state index is 12.7. The van der Waals surface area contributed by atoms with Crippen molar-refractivity contribution in [2.45, 2.75) is 57.4 Å². The third-order valence-corrected chi connectivity index (χ3v) is 5.21. The fourth-order valence-corrected chi connectivity index (χ4v) is 4.07. The number of rotatable bonds is 3. The van der Waals surface area contributed by atoms with Crippen molar-refractivity contribution in [2.75, 3.05) is 12.3 Å². The summed E-state index contributed by atoms with van der Waals surface area (Å²) in [5.41, 5.74) is 7.68. The van der Waals surface area contributed by atoms with Gasteiger partial charge in [-0.1, -0.05) is 37.5 Å². The summed E-state index contributed by atoms with van der Waals surface area (Å²) in [5, 5.41) is 0. The summed E-state index contributed by atoms with van der Waals surface area (Å²) in [7, 11) is 0. The third-order valence-electron chi connectivity index (χ3n) is 5.21. The average molecular weight is 286 g/mol. The standard InChI is InChI=1S/C18H26N2O/c19-16-10-5-4-9-15(16)13-18(21)20-12-6-11-17(20)14-7-2-1-3-8-14/h4-5,9-10,14,17H,1-3,6-8,11-13,19H2. The first-order valence-electron chi connectivity index (χ1n) is 8.38. The van der Waals surface area contributed by atoms with E-state index >= 15 is 0 Å². The van der Waals surface area contributed by atoms with Gasteiger partial charge in [0.15, 0.2) is 0 Å². The van der Waals surface area contributed by atoms with Gasteiger partial charge in [0, 0.05) is 18.3 Å². The molecule has 2 N–H and O–H groups in total. The van der Waals surface area contributed by atoms with Crippen LogP contribution < -0.4 is 5.73 Å². The molecule has 1 unspecified atom stereocenters. The van der Waals surface area contributed by atoms with Gasteiger partial charge in [0.05, 0.1) is 6.42 Å². The van der Waals surface area contributed by atoms with Gasteiger partial charge in [0.2, 0.25) is 5.91 Å². The second-order valence-corrected chi connectivity index (χ2v) is 6.57. The molecule has 2 fully saturated rings. The van der Waals surface area contributed by atoms with Crippen molar-refractivity contribution < 1.29 is 4.79 Å². The zero-order valence-electron chi connectivity index (χ0n) is 12.8. The zero-order chi connectivity index (χ0) is 14.7. The maximum absolute atomic E-state index is 12.7. The molecule has 0 radical (unpaired) electrons. The summed E-state index contributed by atoms with van der Waals surface area (Å²) < 4.78 is 0. The van der Waals surface area contributed by atoms with Crippen molar-refractivity contribution in [1.29, 1.82) is 0 Å². The first-order chi connectivity index (χ1) is 10.3. The highest BCUT2D eigenvalue weighted by molar-refractivity contribution is 5.81. The molecule has 3 heteroatoms. The molecule has 114 valence electrons. The number of anilines is 1. The summed E-state index contributed by atoms with van der Waals surface area (Å²) in [6.07, 6.45) is 9.49. The van der Waals surface area contributed by atoms with Crippen LogP contribution in [0.3, 0.4) is 0 Å². The van der Waals surface area contributed by atoms with E-state index in [1.54, 1.807) is 0 Å². The van der Waals surface area contributed by atoms with Crippen molar-refractivity contribution in [2.24, 2.45) is 5.92 Å². The number of benzene rings is 1. The number of hydrogen-bond acceptors (Lipinski definition) is 2. The van der Waals surface area contributed by atoms with Crippen molar-refractivity contribution in [3.05, 3.63) is 29.8 Å². The van der Waals surface area contributed by atoms with Crippen LogP contribution in [0.5, 0.6) is 0 Å². The second-order valence-electron chi connectivity index (χ2n) is 6.57. The highest BCUT2D eigenvalue weighted by Crippen LogP contribution is 2.34. The molecule has 1 atom stereocenters. The third kappa shape index (κ3) is 3.22. The van der Waals surface area contributed by atoms with Crippen molar-refractivity contribution in [1.82, 2.24) is 4.90 Å². The number of hydrogen-bond donors (Lipinski definition) is 1. The van der Waals surface area contributed by atoms with Gasteiger partial charge in [-0.3, -0.25) is 4.79 Å². The Bertz CT molecular complexity index is 494. The Labute approximate surface area is 127 Å². The lowest BCUT2D eigenvalue weighted by Crippen LogP contribution is -2.41. The normalized spacial score (nSPS) is 23.4. The number of carbonyl (C=O) groups is 1. The Morgan fingerprint density at radius 2 is 1.86 bits per heavy atom.